The number of carbonyl (C=O) groups is 1. The van der Waals surface area contributed by atoms with E-state index in [9.17, 15) is 4.79 Å². The van der Waals surface area contributed by atoms with Crippen molar-refractivity contribution in [2.45, 2.75) is 44.6 Å². The van der Waals surface area contributed by atoms with Gasteiger partial charge in [-0.3, -0.25) is 4.79 Å². The molecule has 2 aromatic rings. The highest BCUT2D eigenvalue weighted by molar-refractivity contribution is 6.35. The number of carbonyl (C=O) groups excluding carboxylic acids is 1. The van der Waals surface area contributed by atoms with E-state index < -0.39 is 0 Å². The van der Waals surface area contributed by atoms with E-state index in [0.717, 1.165) is 22.9 Å². The highest BCUT2D eigenvalue weighted by atomic mass is 35.5. The molecule has 1 aromatic carbocycles. The van der Waals surface area contributed by atoms with Crippen molar-refractivity contribution in [1.29, 1.82) is 0 Å². The van der Waals surface area contributed by atoms with Crippen LogP contribution in [-0.2, 0) is 16.0 Å². The topological polar surface area (TPSA) is 66.5 Å². The summed E-state index contributed by atoms with van der Waals surface area (Å²) in [4.78, 5) is 20.1. The van der Waals surface area contributed by atoms with Crippen LogP contribution in [0.2, 0.25) is 5.02 Å². The number of aromatic amines is 1. The van der Waals surface area contributed by atoms with Crippen LogP contribution in [0.3, 0.4) is 0 Å². The number of aromatic nitrogens is 1. The van der Waals surface area contributed by atoms with Gasteiger partial charge in [0.1, 0.15) is 6.61 Å². The molecule has 2 heterocycles. The van der Waals surface area contributed by atoms with Crippen molar-refractivity contribution < 1.29 is 9.53 Å². The average Bonchev–Trinajstić information content (AvgIpc) is 3.30. The van der Waals surface area contributed by atoms with E-state index in [1.54, 1.807) is 0 Å². The first kappa shape index (κ1) is 17.4. The SMILES string of the molecule is O=C(NCCc1c[nH]c2ccc(Cl)cc12)C1=N[C@H](C2CCCCC2)CO1. The number of rotatable bonds is 5. The van der Waals surface area contributed by atoms with Crippen LogP contribution in [0.1, 0.15) is 37.7 Å². The summed E-state index contributed by atoms with van der Waals surface area (Å²) in [6.45, 7) is 1.09. The summed E-state index contributed by atoms with van der Waals surface area (Å²) in [5, 5.41) is 4.73. The number of H-pyrrole nitrogens is 1. The smallest absolute Gasteiger partial charge is 0.306 e. The summed E-state index contributed by atoms with van der Waals surface area (Å²) >= 11 is 6.08. The van der Waals surface area contributed by atoms with Crippen molar-refractivity contribution in [2.75, 3.05) is 13.2 Å². The first-order valence-electron chi connectivity index (χ1n) is 9.45. The molecule has 26 heavy (non-hydrogen) atoms. The molecule has 0 spiro atoms. The molecular formula is C20H24ClN3O2. The van der Waals surface area contributed by atoms with Crippen LogP contribution >= 0.6 is 11.6 Å². The second-order valence-electron chi connectivity index (χ2n) is 7.22. The molecule has 2 aliphatic rings. The minimum absolute atomic E-state index is 0.159. The number of fused-ring (bicyclic) bond motifs is 1. The van der Waals surface area contributed by atoms with Gasteiger partial charge >= 0.3 is 5.91 Å². The Morgan fingerprint density at radius 3 is 3.00 bits per heavy atom. The number of nitrogens with one attached hydrogen (secondary N) is 2. The van der Waals surface area contributed by atoms with Crippen LogP contribution in [0, 0.1) is 5.92 Å². The Morgan fingerprint density at radius 2 is 2.15 bits per heavy atom. The van der Waals surface area contributed by atoms with Crippen LogP contribution in [0.15, 0.2) is 29.4 Å². The van der Waals surface area contributed by atoms with E-state index in [1.807, 2.05) is 24.4 Å². The summed E-state index contributed by atoms with van der Waals surface area (Å²) in [6.07, 6.45) is 8.96. The molecule has 2 N–H and O–H groups in total. The van der Waals surface area contributed by atoms with Crippen LogP contribution < -0.4 is 5.32 Å². The van der Waals surface area contributed by atoms with Gasteiger partial charge in [-0.05, 0) is 48.9 Å². The molecule has 1 aliphatic heterocycles. The number of nitrogens with zero attached hydrogens (tertiary/aromatic N) is 1. The molecule has 1 amide bonds. The Morgan fingerprint density at radius 1 is 1.31 bits per heavy atom. The molecule has 138 valence electrons. The van der Waals surface area contributed by atoms with Gasteiger partial charge in [0, 0.05) is 28.7 Å². The molecule has 1 saturated carbocycles. The molecule has 5 nitrogen and oxygen atoms in total. The normalized spacial score (nSPS) is 20.8. The van der Waals surface area contributed by atoms with E-state index in [-0.39, 0.29) is 17.8 Å². The van der Waals surface area contributed by atoms with Gasteiger partial charge in [0.05, 0.1) is 6.04 Å². The van der Waals surface area contributed by atoms with E-state index in [2.05, 4.69) is 15.3 Å². The average molecular weight is 374 g/mol. The highest BCUT2D eigenvalue weighted by Gasteiger charge is 2.31. The van der Waals surface area contributed by atoms with Crippen molar-refractivity contribution in [3.8, 4) is 0 Å². The highest BCUT2D eigenvalue weighted by Crippen LogP contribution is 2.30. The third-order valence-corrected chi connectivity index (χ3v) is 5.71. The molecule has 1 aromatic heterocycles. The summed E-state index contributed by atoms with van der Waals surface area (Å²) in [5.74, 6) is 0.619. The second-order valence-corrected chi connectivity index (χ2v) is 7.66. The monoisotopic (exact) mass is 373 g/mol. The zero-order chi connectivity index (χ0) is 17.9. The van der Waals surface area contributed by atoms with Gasteiger partial charge in [-0.15, -0.1) is 0 Å². The van der Waals surface area contributed by atoms with Crippen LogP contribution in [0.25, 0.3) is 10.9 Å². The van der Waals surface area contributed by atoms with E-state index in [0.29, 0.717) is 24.1 Å². The molecule has 0 unspecified atom stereocenters. The summed E-state index contributed by atoms with van der Waals surface area (Å²) < 4.78 is 5.57. The molecule has 0 saturated heterocycles. The molecule has 1 atom stereocenters. The Kier molecular flexibility index (Phi) is 5.16. The third kappa shape index (κ3) is 3.73. The fourth-order valence-corrected chi connectivity index (χ4v) is 4.19. The fourth-order valence-electron chi connectivity index (χ4n) is 4.02. The molecule has 1 fully saturated rings. The Balaban J connectivity index is 1.31. The minimum atomic E-state index is -0.207. The number of halogens is 1. The minimum Gasteiger partial charge on any atom is -0.472 e. The maximum absolute atomic E-state index is 12.3. The van der Waals surface area contributed by atoms with Crippen LogP contribution in [0.5, 0.6) is 0 Å². The Bertz CT molecular complexity index is 824. The lowest BCUT2D eigenvalue weighted by Gasteiger charge is -2.24. The molecule has 1 aliphatic carbocycles. The van der Waals surface area contributed by atoms with Gasteiger partial charge in [-0.25, -0.2) is 4.99 Å². The van der Waals surface area contributed by atoms with E-state index in [1.165, 1.54) is 32.1 Å². The number of aliphatic imine (C=N–C) groups is 1. The second kappa shape index (κ2) is 7.70. The standard InChI is InChI=1S/C20H24ClN3O2/c21-15-6-7-17-16(10-15)14(11-23-17)8-9-22-19(25)20-24-18(12-26-20)13-4-2-1-3-5-13/h6-7,10-11,13,18,23H,1-5,8-9,12H2,(H,22,25)/t18-/m0/s1. The number of ether oxygens (including phenoxy) is 1. The van der Waals surface area contributed by atoms with Crippen molar-refractivity contribution >= 4 is 34.3 Å². The molecule has 0 bridgehead atoms. The Labute approximate surface area is 158 Å². The Hall–Kier alpha value is -2.01. The predicted molar refractivity (Wildman–Crippen MR) is 104 cm³/mol. The largest absolute Gasteiger partial charge is 0.472 e. The van der Waals surface area contributed by atoms with E-state index >= 15 is 0 Å². The molecular weight excluding hydrogens is 350 g/mol. The van der Waals surface area contributed by atoms with Crippen LogP contribution in [0.4, 0.5) is 0 Å². The number of amides is 1. The van der Waals surface area contributed by atoms with Crippen molar-refractivity contribution in [2.24, 2.45) is 10.9 Å². The first-order valence-corrected chi connectivity index (χ1v) is 9.83. The van der Waals surface area contributed by atoms with Crippen molar-refractivity contribution in [1.82, 2.24) is 10.3 Å². The fraction of sp³-hybridized carbons (Fsp3) is 0.500. The third-order valence-electron chi connectivity index (χ3n) is 5.47. The first-order chi connectivity index (χ1) is 12.7. The van der Waals surface area contributed by atoms with Crippen LogP contribution in [-0.4, -0.2) is 36.0 Å². The van der Waals surface area contributed by atoms with Crippen molar-refractivity contribution in [3.63, 3.8) is 0 Å². The maximum atomic E-state index is 12.3. The van der Waals surface area contributed by atoms with E-state index in [4.69, 9.17) is 16.3 Å². The summed E-state index contributed by atoms with van der Waals surface area (Å²) in [6, 6.07) is 5.94. The number of hydrogen-bond acceptors (Lipinski definition) is 3. The summed E-state index contributed by atoms with van der Waals surface area (Å²) in [5.41, 5.74) is 2.19. The van der Waals surface area contributed by atoms with Gasteiger partial charge < -0.3 is 15.0 Å². The zero-order valence-corrected chi connectivity index (χ0v) is 15.5. The molecule has 0 radical (unpaired) electrons. The van der Waals surface area contributed by atoms with Gasteiger partial charge in [-0.1, -0.05) is 30.9 Å². The van der Waals surface area contributed by atoms with Gasteiger partial charge in [-0.2, -0.15) is 0 Å². The quantitative estimate of drug-likeness (QED) is 0.835. The van der Waals surface area contributed by atoms with Gasteiger partial charge in [0.2, 0.25) is 0 Å². The molecule has 4 rings (SSSR count). The van der Waals surface area contributed by atoms with Crippen molar-refractivity contribution in [3.05, 3.63) is 35.0 Å². The van der Waals surface area contributed by atoms with Gasteiger partial charge in [0.25, 0.3) is 5.90 Å². The van der Waals surface area contributed by atoms with Gasteiger partial charge in [0.15, 0.2) is 0 Å². The zero-order valence-electron chi connectivity index (χ0n) is 14.8. The lowest BCUT2D eigenvalue weighted by atomic mass is 9.84. The number of benzene rings is 1. The maximum Gasteiger partial charge on any atom is 0.306 e. The lowest BCUT2D eigenvalue weighted by Crippen LogP contribution is -2.32. The lowest BCUT2D eigenvalue weighted by molar-refractivity contribution is -0.116. The predicted octanol–water partition coefficient (Wildman–Crippen LogP) is 3.86. The summed E-state index contributed by atoms with van der Waals surface area (Å²) in [7, 11) is 0. The molecule has 6 heteroatoms. The number of hydrogen-bond donors (Lipinski definition) is 2.